The molecule has 43 heavy (non-hydrogen) atoms. The van der Waals surface area contributed by atoms with Crippen molar-refractivity contribution >= 4 is 19.7 Å². The third kappa shape index (κ3) is 7.70. The van der Waals surface area contributed by atoms with Crippen molar-refractivity contribution in [3.05, 3.63) is 78.6 Å². The second-order valence-corrected chi connectivity index (χ2v) is 12.6. The Hall–Kier alpha value is -3.54. The summed E-state index contributed by atoms with van der Waals surface area (Å²) in [6.07, 6.45) is -2.33. The van der Waals surface area contributed by atoms with Crippen LogP contribution in [0.5, 0.6) is 5.75 Å². The van der Waals surface area contributed by atoms with Crippen molar-refractivity contribution in [2.75, 3.05) is 6.61 Å². The molecule has 1 fully saturated rings. The van der Waals surface area contributed by atoms with E-state index in [0.29, 0.717) is 5.70 Å². The van der Waals surface area contributed by atoms with Gasteiger partial charge < -0.3 is 24.4 Å². The predicted molar refractivity (Wildman–Crippen MR) is 157 cm³/mol. The number of aliphatic hydroxyl groups is 1. The Kier molecular flexibility index (Phi) is 9.78. The Morgan fingerprint density at radius 3 is 2.37 bits per heavy atom. The molecule has 4 rings (SSSR count). The molecule has 1 unspecified atom stereocenters. The average Bonchev–Trinajstić information content (AvgIpc) is 3.16. The van der Waals surface area contributed by atoms with Crippen LogP contribution in [0.1, 0.15) is 33.3 Å². The van der Waals surface area contributed by atoms with Gasteiger partial charge in [0.25, 0.3) is 0 Å². The zero-order valence-corrected chi connectivity index (χ0v) is 25.5. The lowest BCUT2D eigenvalue weighted by Gasteiger charge is -2.33. The van der Waals surface area contributed by atoms with Crippen LogP contribution in [0.15, 0.2) is 73.1 Å². The molecule has 2 heterocycles. The second kappa shape index (κ2) is 13.0. The molecular formula is C30H37FN3O8P. The maximum Gasteiger partial charge on any atom is 0.459 e. The zero-order valence-electron chi connectivity index (χ0n) is 24.7. The summed E-state index contributed by atoms with van der Waals surface area (Å²) in [5, 5.41) is 15.8. The minimum atomic E-state index is -4.36. The highest BCUT2D eigenvalue weighted by Crippen LogP contribution is 2.47. The zero-order chi connectivity index (χ0) is 31.5. The highest BCUT2D eigenvalue weighted by molar-refractivity contribution is 7.52. The number of aliphatic hydroxyl groups excluding tert-OH is 1. The Labute approximate surface area is 250 Å². The van der Waals surface area contributed by atoms with Gasteiger partial charge in [0.15, 0.2) is 11.9 Å². The van der Waals surface area contributed by atoms with E-state index in [0.717, 1.165) is 28.5 Å². The number of ether oxygens (including phenoxy) is 2. The molecule has 11 nitrogen and oxygen atoms in total. The summed E-state index contributed by atoms with van der Waals surface area (Å²) >= 11 is 0. The third-order valence-corrected chi connectivity index (χ3v) is 8.48. The van der Waals surface area contributed by atoms with E-state index in [1.54, 1.807) is 38.1 Å². The molecule has 1 saturated heterocycles. The second-order valence-electron chi connectivity index (χ2n) is 10.9. The smallest absolute Gasteiger partial charge is 0.459 e. The van der Waals surface area contributed by atoms with Gasteiger partial charge in [-0.05, 0) is 64.0 Å². The molecule has 0 spiro atoms. The van der Waals surface area contributed by atoms with E-state index in [1.165, 1.54) is 19.2 Å². The van der Waals surface area contributed by atoms with Gasteiger partial charge in [-0.1, -0.05) is 48.5 Å². The molecule has 0 aromatic heterocycles. The average molecular weight is 618 g/mol. The lowest BCUT2D eigenvalue weighted by Crippen LogP contribution is -2.53. The molecule has 13 heteroatoms. The monoisotopic (exact) mass is 617 g/mol. The van der Waals surface area contributed by atoms with Crippen LogP contribution in [0.25, 0.3) is 11.1 Å². The standard InChI is InChI=1S/C30H37FN3O8P/c1-18(2)40-27(36)21(5)33-43(38,42-24-13-11-23(12-14-24)22-9-7-19(3)8-10-22)39-17-25-26(35)30(6,31)28(41-25)34-16-15-20(4)32-29(34)37/h7-16,18,21,25-26,28,35H,4,17H2,1-3,5-6H3,(H,32,37)(H,33,38)/t21-,25+,26+,28+,30+,43?/m0/s1. The number of carbonyl (C=O) groups is 2. The summed E-state index contributed by atoms with van der Waals surface area (Å²) in [6.45, 7) is 10.9. The maximum absolute atomic E-state index is 15.7. The van der Waals surface area contributed by atoms with E-state index in [4.69, 9.17) is 18.5 Å². The van der Waals surface area contributed by atoms with E-state index in [-0.39, 0.29) is 5.75 Å². The number of rotatable bonds is 11. The number of hydrogen-bond acceptors (Lipinski definition) is 8. The molecule has 0 aliphatic carbocycles. The van der Waals surface area contributed by atoms with Crippen LogP contribution < -0.4 is 14.9 Å². The molecule has 0 bridgehead atoms. The number of aryl methyl sites for hydroxylation is 1. The molecular weight excluding hydrogens is 580 g/mol. The van der Waals surface area contributed by atoms with Crippen LogP contribution in [0.2, 0.25) is 0 Å². The van der Waals surface area contributed by atoms with Crippen molar-refractivity contribution < 1.29 is 42.2 Å². The fourth-order valence-electron chi connectivity index (χ4n) is 4.50. The largest absolute Gasteiger partial charge is 0.462 e. The first kappa shape index (κ1) is 32.4. The number of hydrogen-bond donors (Lipinski definition) is 3. The first-order valence-electron chi connectivity index (χ1n) is 13.8. The van der Waals surface area contributed by atoms with Gasteiger partial charge in [-0.25, -0.2) is 13.8 Å². The Bertz CT molecular complexity index is 1410. The van der Waals surface area contributed by atoms with Crippen molar-refractivity contribution in [1.29, 1.82) is 0 Å². The summed E-state index contributed by atoms with van der Waals surface area (Å²) < 4.78 is 51.9. The first-order chi connectivity index (χ1) is 20.2. The van der Waals surface area contributed by atoms with Crippen molar-refractivity contribution in [1.82, 2.24) is 15.3 Å². The van der Waals surface area contributed by atoms with Crippen LogP contribution in [-0.4, -0.2) is 64.9 Å². The van der Waals surface area contributed by atoms with Crippen molar-refractivity contribution in [3.8, 4) is 16.9 Å². The first-order valence-corrected chi connectivity index (χ1v) is 15.3. The summed E-state index contributed by atoms with van der Waals surface area (Å²) in [6, 6.07) is 12.8. The number of amides is 2. The van der Waals surface area contributed by atoms with Crippen LogP contribution >= 0.6 is 7.75 Å². The SMILES string of the molecule is C=C1C=CN([C@@H]2O[C@H](COP(=O)(N[C@@H](C)C(=O)OC(C)C)Oc3ccc(-c4ccc(C)cc4)cc3)[C@@H](O)[C@@]2(C)F)C(=O)N1. The molecule has 2 aromatic carbocycles. The highest BCUT2D eigenvalue weighted by Gasteiger charge is 2.57. The van der Waals surface area contributed by atoms with Gasteiger partial charge >= 0.3 is 19.7 Å². The molecule has 0 radical (unpaired) electrons. The van der Waals surface area contributed by atoms with Crippen molar-refractivity contribution in [2.24, 2.45) is 0 Å². The summed E-state index contributed by atoms with van der Waals surface area (Å²) in [5.41, 5.74) is 0.863. The Balaban J connectivity index is 1.52. The van der Waals surface area contributed by atoms with E-state index in [1.807, 2.05) is 31.2 Å². The Morgan fingerprint density at radius 1 is 1.19 bits per heavy atom. The van der Waals surface area contributed by atoms with Crippen LogP contribution in [0.4, 0.5) is 9.18 Å². The van der Waals surface area contributed by atoms with Crippen molar-refractivity contribution in [2.45, 2.75) is 70.9 Å². The Morgan fingerprint density at radius 2 is 1.79 bits per heavy atom. The van der Waals surface area contributed by atoms with Gasteiger partial charge in [0.05, 0.1) is 12.7 Å². The van der Waals surface area contributed by atoms with Crippen LogP contribution in [-0.2, 0) is 23.4 Å². The fourth-order valence-corrected chi connectivity index (χ4v) is 6.00. The number of halogens is 1. The molecule has 2 aliphatic rings. The van der Waals surface area contributed by atoms with E-state index in [9.17, 15) is 19.3 Å². The van der Waals surface area contributed by atoms with Gasteiger partial charge in [-0.15, -0.1) is 0 Å². The van der Waals surface area contributed by atoms with Crippen LogP contribution in [0, 0.1) is 6.92 Å². The minimum Gasteiger partial charge on any atom is -0.462 e. The highest BCUT2D eigenvalue weighted by atomic mass is 31.2. The number of benzene rings is 2. The molecule has 2 aliphatic heterocycles. The number of esters is 1. The normalized spacial score (nSPS) is 25.8. The molecule has 232 valence electrons. The molecule has 3 N–H and O–H groups in total. The van der Waals surface area contributed by atoms with Gasteiger partial charge in [0.2, 0.25) is 0 Å². The van der Waals surface area contributed by atoms with Crippen LogP contribution in [0.3, 0.4) is 0 Å². The molecule has 2 amide bonds. The van der Waals surface area contributed by atoms with Crippen molar-refractivity contribution in [3.63, 3.8) is 0 Å². The molecule has 0 saturated carbocycles. The van der Waals surface area contributed by atoms with Gasteiger partial charge in [-0.2, -0.15) is 5.09 Å². The number of nitrogens with zero attached hydrogens (tertiary/aromatic N) is 1. The lowest BCUT2D eigenvalue weighted by atomic mass is 9.98. The summed E-state index contributed by atoms with van der Waals surface area (Å²) in [4.78, 5) is 25.9. The number of allylic oxidation sites excluding steroid dienone is 1. The lowest BCUT2D eigenvalue weighted by molar-refractivity contribution is -0.149. The number of alkyl halides is 1. The summed E-state index contributed by atoms with van der Waals surface area (Å²) in [5.74, 6) is -0.539. The predicted octanol–water partition coefficient (Wildman–Crippen LogP) is 4.96. The topological polar surface area (TPSA) is 136 Å². The minimum absolute atomic E-state index is 0.160. The van der Waals surface area contributed by atoms with Gasteiger partial charge in [0.1, 0.15) is 24.0 Å². The van der Waals surface area contributed by atoms with E-state index in [2.05, 4.69) is 17.0 Å². The maximum atomic E-state index is 15.7. The summed E-state index contributed by atoms with van der Waals surface area (Å²) in [7, 11) is -4.36. The molecule has 2 aromatic rings. The van der Waals surface area contributed by atoms with E-state index < -0.39 is 62.6 Å². The molecule has 6 atom stereocenters. The van der Waals surface area contributed by atoms with Gasteiger partial charge in [-0.3, -0.25) is 14.2 Å². The van der Waals surface area contributed by atoms with Gasteiger partial charge in [0, 0.05) is 11.9 Å². The number of nitrogens with one attached hydrogen (secondary N) is 2. The third-order valence-electron chi connectivity index (χ3n) is 6.84. The fraction of sp³-hybridized carbons (Fsp3) is 0.400. The number of carbonyl (C=O) groups excluding carboxylic acids is 2. The number of urea groups is 1. The quantitative estimate of drug-likeness (QED) is 0.236. The van der Waals surface area contributed by atoms with E-state index >= 15 is 4.39 Å².